The van der Waals surface area contributed by atoms with Crippen LogP contribution in [0.4, 0.5) is 0 Å². The molecule has 1 unspecified atom stereocenters. The number of nitrogens with zero attached hydrogens (tertiary/aromatic N) is 1. The first-order valence-corrected chi connectivity index (χ1v) is 6.66. The molecule has 1 amide bonds. The van der Waals surface area contributed by atoms with Crippen molar-refractivity contribution >= 4 is 16.8 Å². The highest BCUT2D eigenvalue weighted by atomic mass is 16.2. The van der Waals surface area contributed by atoms with Gasteiger partial charge in [-0.1, -0.05) is 19.1 Å². The number of hydrogen-bond acceptors (Lipinski definition) is 3. The van der Waals surface area contributed by atoms with Crippen molar-refractivity contribution in [3.8, 4) is 0 Å². The lowest BCUT2D eigenvalue weighted by atomic mass is 10.2. The van der Waals surface area contributed by atoms with Crippen LogP contribution in [-0.2, 0) is 11.3 Å². The molecular weight excluding hydrogens is 254 g/mol. The molecule has 2 rings (SSSR count). The summed E-state index contributed by atoms with van der Waals surface area (Å²) in [7, 11) is 0. The topological polar surface area (TPSA) is 77.1 Å². The Morgan fingerprint density at radius 1 is 1.35 bits per heavy atom. The molecule has 106 valence electrons. The van der Waals surface area contributed by atoms with Crippen LogP contribution in [0, 0.1) is 5.92 Å². The molecule has 1 aromatic heterocycles. The van der Waals surface area contributed by atoms with Crippen LogP contribution in [0.3, 0.4) is 0 Å². The van der Waals surface area contributed by atoms with E-state index < -0.39 is 0 Å². The quantitative estimate of drug-likeness (QED) is 0.842. The Hall–Kier alpha value is -2.14. The molecule has 5 nitrogen and oxygen atoms in total. The summed E-state index contributed by atoms with van der Waals surface area (Å²) in [4.78, 5) is 23.7. The van der Waals surface area contributed by atoms with Crippen LogP contribution in [0.5, 0.6) is 0 Å². The lowest BCUT2D eigenvalue weighted by Crippen LogP contribution is -2.33. The molecule has 1 aromatic carbocycles. The zero-order valence-corrected chi connectivity index (χ0v) is 11.5. The fourth-order valence-corrected chi connectivity index (χ4v) is 1.98. The van der Waals surface area contributed by atoms with E-state index >= 15 is 0 Å². The summed E-state index contributed by atoms with van der Waals surface area (Å²) in [6.07, 6.45) is 1.65. The monoisotopic (exact) mass is 273 g/mol. The third-order valence-corrected chi connectivity index (χ3v) is 3.25. The summed E-state index contributed by atoms with van der Waals surface area (Å²) in [5, 5.41) is 3.47. The standard InChI is InChI=1S/C15H19N3O2/c1-11(8-16)9-17-15(20)10-18-7-6-14(19)12-4-2-3-5-13(12)18/h2-7,11H,8-10,16H2,1H3,(H,17,20). The van der Waals surface area contributed by atoms with E-state index in [-0.39, 0.29) is 23.8 Å². The van der Waals surface area contributed by atoms with Crippen molar-refractivity contribution in [3.63, 3.8) is 0 Å². The highest BCUT2D eigenvalue weighted by molar-refractivity contribution is 5.82. The van der Waals surface area contributed by atoms with Gasteiger partial charge in [0.15, 0.2) is 5.43 Å². The Bertz CT molecular complexity index is 663. The second-order valence-corrected chi connectivity index (χ2v) is 4.97. The minimum Gasteiger partial charge on any atom is -0.354 e. The van der Waals surface area contributed by atoms with Gasteiger partial charge in [0.1, 0.15) is 6.54 Å². The summed E-state index contributed by atoms with van der Waals surface area (Å²) in [6.45, 7) is 3.28. The first kappa shape index (κ1) is 14.3. The van der Waals surface area contributed by atoms with E-state index in [1.165, 1.54) is 6.07 Å². The van der Waals surface area contributed by atoms with Gasteiger partial charge in [-0.25, -0.2) is 0 Å². The van der Waals surface area contributed by atoms with Gasteiger partial charge in [0.25, 0.3) is 0 Å². The van der Waals surface area contributed by atoms with Gasteiger partial charge in [-0.05, 0) is 24.6 Å². The number of nitrogens with one attached hydrogen (secondary N) is 1. The van der Waals surface area contributed by atoms with E-state index in [0.29, 0.717) is 18.5 Å². The Balaban J connectivity index is 2.16. The highest BCUT2D eigenvalue weighted by Gasteiger charge is 2.07. The van der Waals surface area contributed by atoms with Crippen molar-refractivity contribution in [3.05, 3.63) is 46.8 Å². The minimum atomic E-state index is -0.0842. The largest absolute Gasteiger partial charge is 0.354 e. The number of carbonyl (C=O) groups excluding carboxylic acids is 1. The number of amides is 1. The van der Waals surface area contributed by atoms with Crippen LogP contribution >= 0.6 is 0 Å². The van der Waals surface area contributed by atoms with Gasteiger partial charge in [0.05, 0.1) is 5.52 Å². The Labute approximate surface area is 117 Å². The zero-order valence-electron chi connectivity index (χ0n) is 11.5. The molecular formula is C15H19N3O2. The average Bonchev–Trinajstić information content (AvgIpc) is 2.48. The first-order chi connectivity index (χ1) is 9.61. The smallest absolute Gasteiger partial charge is 0.239 e. The number of hydrogen-bond donors (Lipinski definition) is 2. The van der Waals surface area contributed by atoms with Crippen LogP contribution in [0.2, 0.25) is 0 Å². The van der Waals surface area contributed by atoms with E-state index in [1.54, 1.807) is 16.8 Å². The lowest BCUT2D eigenvalue weighted by Gasteiger charge is -2.13. The maximum Gasteiger partial charge on any atom is 0.239 e. The molecule has 0 saturated heterocycles. The third kappa shape index (κ3) is 3.24. The maximum atomic E-state index is 11.9. The summed E-state index contributed by atoms with van der Waals surface area (Å²) in [6, 6.07) is 8.76. The summed E-state index contributed by atoms with van der Waals surface area (Å²) < 4.78 is 1.78. The molecule has 5 heteroatoms. The van der Waals surface area contributed by atoms with Crippen LogP contribution in [-0.4, -0.2) is 23.6 Å². The molecule has 0 fully saturated rings. The van der Waals surface area contributed by atoms with Crippen LogP contribution < -0.4 is 16.5 Å². The fourth-order valence-electron chi connectivity index (χ4n) is 1.98. The van der Waals surface area contributed by atoms with Crippen molar-refractivity contribution in [2.24, 2.45) is 11.7 Å². The second-order valence-electron chi connectivity index (χ2n) is 4.97. The van der Waals surface area contributed by atoms with Crippen molar-refractivity contribution < 1.29 is 4.79 Å². The number of benzene rings is 1. The van der Waals surface area contributed by atoms with E-state index in [2.05, 4.69) is 5.32 Å². The summed E-state index contributed by atoms with van der Waals surface area (Å²) in [5.41, 5.74) is 6.24. The minimum absolute atomic E-state index is 0.0333. The molecule has 0 saturated carbocycles. The lowest BCUT2D eigenvalue weighted by molar-refractivity contribution is -0.121. The summed E-state index contributed by atoms with van der Waals surface area (Å²) >= 11 is 0. The van der Waals surface area contributed by atoms with E-state index in [4.69, 9.17) is 5.73 Å². The van der Waals surface area contributed by atoms with Gasteiger partial charge in [0.2, 0.25) is 5.91 Å². The van der Waals surface area contributed by atoms with Crippen LogP contribution in [0.25, 0.3) is 10.9 Å². The molecule has 2 aromatic rings. The van der Waals surface area contributed by atoms with Crippen LogP contribution in [0.15, 0.2) is 41.3 Å². The SMILES string of the molecule is CC(CN)CNC(=O)Cn1ccc(=O)c2ccccc21. The molecule has 0 bridgehead atoms. The molecule has 3 N–H and O–H groups in total. The van der Waals surface area contributed by atoms with Gasteiger partial charge in [-0.2, -0.15) is 0 Å². The molecule has 0 radical (unpaired) electrons. The molecule has 1 atom stereocenters. The number of para-hydroxylation sites is 1. The van der Waals surface area contributed by atoms with Gasteiger partial charge in [0, 0.05) is 24.2 Å². The number of rotatable bonds is 5. The number of nitrogens with two attached hydrogens (primary N) is 1. The Kier molecular flexibility index (Phi) is 4.53. The van der Waals surface area contributed by atoms with Gasteiger partial charge in [-0.15, -0.1) is 0 Å². The first-order valence-electron chi connectivity index (χ1n) is 6.66. The Morgan fingerprint density at radius 2 is 2.10 bits per heavy atom. The zero-order chi connectivity index (χ0) is 14.5. The van der Waals surface area contributed by atoms with Crippen molar-refractivity contribution in [1.82, 2.24) is 9.88 Å². The van der Waals surface area contributed by atoms with E-state index in [1.807, 2.05) is 25.1 Å². The average molecular weight is 273 g/mol. The molecule has 20 heavy (non-hydrogen) atoms. The van der Waals surface area contributed by atoms with Gasteiger partial charge >= 0.3 is 0 Å². The number of fused-ring (bicyclic) bond motifs is 1. The van der Waals surface area contributed by atoms with Gasteiger partial charge in [-0.3, -0.25) is 9.59 Å². The maximum absolute atomic E-state index is 11.9. The molecule has 0 spiro atoms. The van der Waals surface area contributed by atoms with E-state index in [9.17, 15) is 9.59 Å². The Morgan fingerprint density at radius 3 is 2.85 bits per heavy atom. The number of carbonyl (C=O) groups is 1. The number of pyridine rings is 1. The normalized spacial score (nSPS) is 12.3. The van der Waals surface area contributed by atoms with E-state index in [0.717, 1.165) is 5.52 Å². The third-order valence-electron chi connectivity index (χ3n) is 3.25. The highest BCUT2D eigenvalue weighted by Crippen LogP contribution is 2.09. The molecule has 0 aliphatic carbocycles. The molecule has 1 heterocycles. The summed E-state index contributed by atoms with van der Waals surface area (Å²) in [5.74, 6) is 0.170. The number of aromatic nitrogens is 1. The molecule has 0 aliphatic rings. The van der Waals surface area contributed by atoms with Gasteiger partial charge < -0.3 is 15.6 Å². The predicted molar refractivity (Wildman–Crippen MR) is 79.4 cm³/mol. The van der Waals surface area contributed by atoms with Crippen molar-refractivity contribution in [2.75, 3.05) is 13.1 Å². The predicted octanol–water partition coefficient (Wildman–Crippen LogP) is 0.713. The fraction of sp³-hybridized carbons (Fsp3) is 0.333. The van der Waals surface area contributed by atoms with Crippen molar-refractivity contribution in [1.29, 1.82) is 0 Å². The van der Waals surface area contributed by atoms with Crippen LogP contribution in [0.1, 0.15) is 6.92 Å². The molecule has 0 aliphatic heterocycles. The van der Waals surface area contributed by atoms with Crippen molar-refractivity contribution in [2.45, 2.75) is 13.5 Å². The second kappa shape index (κ2) is 6.34.